The van der Waals surface area contributed by atoms with Crippen LogP contribution in [0.25, 0.3) is 0 Å². The van der Waals surface area contributed by atoms with E-state index in [1.54, 1.807) is 0 Å². The average Bonchev–Trinajstić information content (AvgIpc) is 2.41. The molecule has 0 spiro atoms. The number of aromatic amines is 1. The topological polar surface area (TPSA) is 83.0 Å². The van der Waals surface area contributed by atoms with Crippen LogP contribution in [0.5, 0.6) is 0 Å². The lowest BCUT2D eigenvalue weighted by Crippen LogP contribution is -2.21. The van der Waals surface area contributed by atoms with Crippen LogP contribution >= 0.6 is 15.9 Å². The van der Waals surface area contributed by atoms with Gasteiger partial charge in [0.25, 0.3) is 5.56 Å². The third-order valence-electron chi connectivity index (χ3n) is 3.14. The number of nitrogens with zero attached hydrogens (tertiary/aromatic N) is 1. The first-order valence-electron chi connectivity index (χ1n) is 6.01. The molecule has 0 saturated carbocycles. The van der Waals surface area contributed by atoms with E-state index in [2.05, 4.69) is 25.9 Å². The Morgan fingerprint density at radius 3 is 2.80 bits per heavy atom. The van der Waals surface area contributed by atoms with Crippen molar-refractivity contribution in [2.75, 3.05) is 0 Å². The zero-order valence-corrected chi connectivity index (χ0v) is 12.3. The summed E-state index contributed by atoms with van der Waals surface area (Å²) in [5, 5.41) is 9.42. The van der Waals surface area contributed by atoms with E-state index in [4.69, 9.17) is 0 Å². The fourth-order valence-electron chi connectivity index (χ4n) is 2.00. The molecule has 0 aliphatic rings. The van der Waals surface area contributed by atoms with Crippen LogP contribution < -0.4 is 5.56 Å². The summed E-state index contributed by atoms with van der Waals surface area (Å²) >= 11 is 3.11. The zero-order chi connectivity index (χ0) is 14.7. The van der Waals surface area contributed by atoms with E-state index in [9.17, 15) is 14.7 Å². The third-order valence-corrected chi connectivity index (χ3v) is 3.90. The van der Waals surface area contributed by atoms with Crippen LogP contribution in [0.4, 0.5) is 0 Å². The molecule has 20 heavy (non-hydrogen) atoms. The van der Waals surface area contributed by atoms with Crippen LogP contribution in [0.2, 0.25) is 0 Å². The average molecular weight is 337 g/mol. The summed E-state index contributed by atoms with van der Waals surface area (Å²) in [5.74, 6) is -1.88. The molecule has 1 heterocycles. The second-order valence-electron chi connectivity index (χ2n) is 4.45. The van der Waals surface area contributed by atoms with Crippen LogP contribution in [-0.4, -0.2) is 21.0 Å². The van der Waals surface area contributed by atoms with Gasteiger partial charge in [0.05, 0.1) is 12.0 Å². The highest BCUT2D eigenvalue weighted by Crippen LogP contribution is 2.25. The van der Waals surface area contributed by atoms with E-state index in [1.165, 1.54) is 6.33 Å². The third kappa shape index (κ3) is 2.96. The molecule has 2 aromatic rings. The molecule has 6 heteroatoms. The number of carboxylic acids is 1. The standard InChI is InChI=1S/C14H13BrN2O3/c1-8-4-2-3-5-9(8)6-10(14(19)20)12-11(15)13(18)17-7-16-12/h2-5,7,10H,6H2,1H3,(H,19,20)(H,16,17,18). The molecular formula is C14H13BrN2O3. The minimum atomic E-state index is -1.01. The highest BCUT2D eigenvalue weighted by Gasteiger charge is 2.25. The smallest absolute Gasteiger partial charge is 0.312 e. The summed E-state index contributed by atoms with van der Waals surface area (Å²) in [4.78, 5) is 29.5. The van der Waals surface area contributed by atoms with Gasteiger partial charge < -0.3 is 10.1 Å². The largest absolute Gasteiger partial charge is 0.481 e. The minimum absolute atomic E-state index is 0.168. The van der Waals surface area contributed by atoms with Crippen molar-refractivity contribution in [1.82, 2.24) is 9.97 Å². The summed E-state index contributed by atoms with van der Waals surface area (Å²) in [6.45, 7) is 1.93. The number of aryl methyl sites for hydroxylation is 1. The van der Waals surface area contributed by atoms with Gasteiger partial charge in [-0.25, -0.2) is 4.98 Å². The molecule has 0 fully saturated rings. The number of hydrogen-bond donors (Lipinski definition) is 2. The number of H-pyrrole nitrogens is 1. The fraction of sp³-hybridized carbons (Fsp3) is 0.214. The van der Waals surface area contributed by atoms with Crippen molar-refractivity contribution < 1.29 is 9.90 Å². The molecule has 1 aromatic heterocycles. The highest BCUT2D eigenvalue weighted by atomic mass is 79.9. The van der Waals surface area contributed by atoms with E-state index < -0.39 is 11.9 Å². The molecule has 2 N–H and O–H groups in total. The van der Waals surface area contributed by atoms with Crippen molar-refractivity contribution in [3.8, 4) is 0 Å². The number of nitrogens with one attached hydrogen (secondary N) is 1. The molecule has 5 nitrogen and oxygen atoms in total. The molecule has 0 aliphatic heterocycles. The maximum absolute atomic E-state index is 11.6. The first-order chi connectivity index (χ1) is 9.50. The van der Waals surface area contributed by atoms with Crippen molar-refractivity contribution in [3.63, 3.8) is 0 Å². The summed E-state index contributed by atoms with van der Waals surface area (Å²) in [5.41, 5.74) is 1.80. The van der Waals surface area contributed by atoms with Crippen molar-refractivity contribution in [2.24, 2.45) is 0 Å². The second kappa shape index (κ2) is 6.00. The lowest BCUT2D eigenvalue weighted by atomic mass is 9.93. The van der Waals surface area contributed by atoms with Crippen molar-refractivity contribution in [2.45, 2.75) is 19.3 Å². The van der Waals surface area contributed by atoms with Crippen LogP contribution in [0.1, 0.15) is 22.7 Å². The van der Waals surface area contributed by atoms with Crippen molar-refractivity contribution in [1.29, 1.82) is 0 Å². The molecule has 1 atom stereocenters. The lowest BCUT2D eigenvalue weighted by molar-refractivity contribution is -0.138. The molecule has 0 saturated heterocycles. The number of hydrogen-bond acceptors (Lipinski definition) is 3. The van der Waals surface area contributed by atoms with Gasteiger partial charge in [-0.1, -0.05) is 24.3 Å². The molecule has 1 aromatic carbocycles. The van der Waals surface area contributed by atoms with Gasteiger partial charge in [0.2, 0.25) is 0 Å². The zero-order valence-electron chi connectivity index (χ0n) is 10.8. The quantitative estimate of drug-likeness (QED) is 0.896. The molecule has 104 valence electrons. The number of aromatic nitrogens is 2. The number of halogens is 1. The molecular weight excluding hydrogens is 324 g/mol. The molecule has 1 unspecified atom stereocenters. The van der Waals surface area contributed by atoms with Crippen molar-refractivity contribution >= 4 is 21.9 Å². The maximum atomic E-state index is 11.6. The molecule has 0 bridgehead atoms. The molecule has 0 aliphatic carbocycles. The van der Waals surface area contributed by atoms with E-state index in [0.29, 0.717) is 0 Å². The predicted molar refractivity (Wildman–Crippen MR) is 77.8 cm³/mol. The fourth-order valence-corrected chi connectivity index (χ4v) is 2.49. The lowest BCUT2D eigenvalue weighted by Gasteiger charge is -2.14. The maximum Gasteiger partial charge on any atom is 0.312 e. The first-order valence-corrected chi connectivity index (χ1v) is 6.80. The van der Waals surface area contributed by atoms with E-state index in [-0.39, 0.29) is 22.1 Å². The molecule has 2 rings (SSSR count). The van der Waals surface area contributed by atoms with Gasteiger partial charge >= 0.3 is 5.97 Å². The predicted octanol–water partition coefficient (Wildman–Crippen LogP) is 2.25. The van der Waals surface area contributed by atoms with Crippen LogP contribution in [0.15, 0.2) is 39.9 Å². The molecule has 0 radical (unpaired) electrons. The Kier molecular flexibility index (Phi) is 4.34. The normalized spacial score (nSPS) is 12.1. The first kappa shape index (κ1) is 14.5. The van der Waals surface area contributed by atoms with Gasteiger partial charge in [-0.3, -0.25) is 9.59 Å². The van der Waals surface area contributed by atoms with Crippen LogP contribution in [-0.2, 0) is 11.2 Å². The summed E-state index contributed by atoms with van der Waals surface area (Å²) in [6, 6.07) is 7.57. The van der Waals surface area contributed by atoms with Gasteiger partial charge in [0, 0.05) is 0 Å². The SMILES string of the molecule is Cc1ccccc1CC(C(=O)O)c1nc[nH]c(=O)c1Br. The van der Waals surface area contributed by atoms with Gasteiger partial charge in [0.15, 0.2) is 0 Å². The van der Waals surface area contributed by atoms with Crippen LogP contribution in [0, 0.1) is 6.92 Å². The summed E-state index contributed by atoms with van der Waals surface area (Å²) in [6.07, 6.45) is 1.51. The van der Waals surface area contributed by atoms with E-state index in [0.717, 1.165) is 11.1 Å². The minimum Gasteiger partial charge on any atom is -0.481 e. The van der Waals surface area contributed by atoms with Gasteiger partial charge in [-0.2, -0.15) is 0 Å². The monoisotopic (exact) mass is 336 g/mol. The van der Waals surface area contributed by atoms with E-state index in [1.807, 2.05) is 31.2 Å². The number of benzene rings is 1. The second-order valence-corrected chi connectivity index (χ2v) is 5.25. The number of rotatable bonds is 4. The van der Waals surface area contributed by atoms with Crippen molar-refractivity contribution in [3.05, 3.63) is 62.2 Å². The Bertz CT molecular complexity index is 697. The summed E-state index contributed by atoms with van der Waals surface area (Å²) < 4.78 is 0.168. The molecule has 0 amide bonds. The van der Waals surface area contributed by atoms with Crippen LogP contribution in [0.3, 0.4) is 0 Å². The summed E-state index contributed by atoms with van der Waals surface area (Å²) in [7, 11) is 0. The number of carboxylic acid groups (broad SMARTS) is 1. The number of carbonyl (C=O) groups is 1. The Hall–Kier alpha value is -1.95. The Morgan fingerprint density at radius 1 is 1.45 bits per heavy atom. The Balaban J connectivity index is 2.43. The van der Waals surface area contributed by atoms with Gasteiger partial charge in [-0.05, 0) is 40.4 Å². The van der Waals surface area contributed by atoms with Gasteiger partial charge in [-0.15, -0.1) is 0 Å². The van der Waals surface area contributed by atoms with E-state index >= 15 is 0 Å². The Labute approximate surface area is 123 Å². The Morgan fingerprint density at radius 2 is 2.15 bits per heavy atom. The number of aliphatic carboxylic acids is 1. The highest BCUT2D eigenvalue weighted by molar-refractivity contribution is 9.10. The van der Waals surface area contributed by atoms with Gasteiger partial charge in [0.1, 0.15) is 10.4 Å².